The lowest BCUT2D eigenvalue weighted by Crippen LogP contribution is -2.55. The van der Waals surface area contributed by atoms with E-state index in [1.807, 2.05) is 18.2 Å². The molecule has 2 unspecified atom stereocenters. The SMILES string of the molecule is C=CC1=C(C(=C)F)CCN(C2CCN(Cc3ccccc3)CC2O)C1. The van der Waals surface area contributed by atoms with Crippen LogP contribution >= 0.6 is 0 Å². The molecule has 0 aromatic heterocycles. The normalized spacial score (nSPS) is 25.8. The van der Waals surface area contributed by atoms with Gasteiger partial charge in [-0.25, -0.2) is 4.39 Å². The van der Waals surface area contributed by atoms with Crippen molar-refractivity contribution in [2.45, 2.75) is 31.5 Å². The minimum atomic E-state index is -0.390. The summed E-state index contributed by atoms with van der Waals surface area (Å²) >= 11 is 0. The van der Waals surface area contributed by atoms with Gasteiger partial charge in [-0.3, -0.25) is 9.80 Å². The van der Waals surface area contributed by atoms with E-state index in [9.17, 15) is 9.50 Å². The molecule has 1 aromatic carbocycles. The number of hydrogen-bond acceptors (Lipinski definition) is 3. The number of halogens is 1. The largest absolute Gasteiger partial charge is 0.390 e. The lowest BCUT2D eigenvalue weighted by atomic mass is 9.93. The van der Waals surface area contributed by atoms with Gasteiger partial charge < -0.3 is 5.11 Å². The molecule has 4 heteroatoms. The summed E-state index contributed by atoms with van der Waals surface area (Å²) < 4.78 is 13.6. The predicted octanol–water partition coefficient (Wildman–Crippen LogP) is 3.29. The van der Waals surface area contributed by atoms with E-state index in [0.717, 1.165) is 31.6 Å². The van der Waals surface area contributed by atoms with Crippen LogP contribution in [0.15, 0.2) is 66.5 Å². The molecule has 134 valence electrons. The van der Waals surface area contributed by atoms with E-state index in [-0.39, 0.29) is 11.9 Å². The van der Waals surface area contributed by atoms with Gasteiger partial charge in [-0.2, -0.15) is 0 Å². The Bertz CT molecular complexity index is 655. The molecule has 1 fully saturated rings. The van der Waals surface area contributed by atoms with Crippen molar-refractivity contribution in [2.24, 2.45) is 0 Å². The average Bonchev–Trinajstić information content (AvgIpc) is 2.62. The fourth-order valence-corrected chi connectivity index (χ4v) is 3.99. The lowest BCUT2D eigenvalue weighted by Gasteiger charge is -2.43. The van der Waals surface area contributed by atoms with E-state index < -0.39 is 6.10 Å². The monoisotopic (exact) mass is 342 g/mol. The molecule has 25 heavy (non-hydrogen) atoms. The Morgan fingerprint density at radius 2 is 2.04 bits per heavy atom. The molecule has 0 radical (unpaired) electrons. The molecule has 3 nitrogen and oxygen atoms in total. The number of aliphatic hydroxyl groups is 1. The second kappa shape index (κ2) is 8.09. The molecule has 2 aliphatic heterocycles. The van der Waals surface area contributed by atoms with E-state index in [0.29, 0.717) is 25.1 Å². The molecule has 1 N–H and O–H groups in total. The molecular formula is C21H27FN2O. The zero-order chi connectivity index (χ0) is 17.8. The highest BCUT2D eigenvalue weighted by atomic mass is 19.1. The first-order valence-electron chi connectivity index (χ1n) is 8.96. The zero-order valence-electron chi connectivity index (χ0n) is 14.7. The fourth-order valence-electron chi connectivity index (χ4n) is 3.99. The number of aliphatic hydroxyl groups excluding tert-OH is 1. The van der Waals surface area contributed by atoms with E-state index in [4.69, 9.17) is 0 Å². The molecule has 0 amide bonds. The van der Waals surface area contributed by atoms with Crippen LogP contribution in [-0.4, -0.2) is 53.2 Å². The molecule has 1 aromatic rings. The zero-order valence-corrected chi connectivity index (χ0v) is 14.7. The Hall–Kier alpha value is -1.75. The molecule has 0 saturated carbocycles. The minimum absolute atomic E-state index is 0.122. The lowest BCUT2D eigenvalue weighted by molar-refractivity contribution is -0.0135. The standard InChI is InChI=1S/C21H27FN2O/c1-3-18-14-24(12-9-19(18)16(2)22)20-10-11-23(15-21(20)25)13-17-7-5-4-6-8-17/h3-8,20-21,25H,1-2,9-15H2. The van der Waals surface area contributed by atoms with Crippen LogP contribution in [0.25, 0.3) is 0 Å². The highest BCUT2D eigenvalue weighted by Crippen LogP contribution is 2.29. The van der Waals surface area contributed by atoms with E-state index in [1.165, 1.54) is 5.56 Å². The number of likely N-dealkylation sites (tertiary alicyclic amines) is 1. The third-order valence-electron chi connectivity index (χ3n) is 5.33. The Kier molecular flexibility index (Phi) is 5.84. The molecular weight excluding hydrogens is 315 g/mol. The number of rotatable bonds is 5. The summed E-state index contributed by atoms with van der Waals surface area (Å²) in [6.07, 6.45) is 2.89. The average molecular weight is 342 g/mol. The summed E-state index contributed by atoms with van der Waals surface area (Å²) in [5.41, 5.74) is 2.86. The Morgan fingerprint density at radius 1 is 1.28 bits per heavy atom. The van der Waals surface area contributed by atoms with Crippen LogP contribution in [0.4, 0.5) is 4.39 Å². The maximum atomic E-state index is 13.6. The summed E-state index contributed by atoms with van der Waals surface area (Å²) in [4.78, 5) is 4.58. The Balaban J connectivity index is 1.60. The van der Waals surface area contributed by atoms with E-state index >= 15 is 0 Å². The first-order chi connectivity index (χ1) is 12.1. The number of hydrogen-bond donors (Lipinski definition) is 1. The third-order valence-corrected chi connectivity index (χ3v) is 5.33. The van der Waals surface area contributed by atoms with Crippen molar-refractivity contribution in [3.63, 3.8) is 0 Å². The number of β-amino-alcohol motifs (C(OH)–C–C–N with tert-alkyl or cyclic N) is 1. The highest BCUT2D eigenvalue weighted by molar-refractivity contribution is 5.37. The molecule has 2 heterocycles. The molecule has 2 aliphatic rings. The van der Waals surface area contributed by atoms with Crippen LogP contribution in [0.1, 0.15) is 18.4 Å². The van der Waals surface area contributed by atoms with Gasteiger partial charge in [0.15, 0.2) is 0 Å². The van der Waals surface area contributed by atoms with Crippen molar-refractivity contribution in [3.05, 3.63) is 72.1 Å². The highest BCUT2D eigenvalue weighted by Gasteiger charge is 2.34. The Labute approximate surface area is 149 Å². The quantitative estimate of drug-likeness (QED) is 0.889. The van der Waals surface area contributed by atoms with Crippen molar-refractivity contribution in [3.8, 4) is 0 Å². The van der Waals surface area contributed by atoms with E-state index in [2.05, 4.69) is 35.1 Å². The van der Waals surface area contributed by atoms with Gasteiger partial charge in [-0.15, -0.1) is 0 Å². The number of nitrogens with zero attached hydrogens (tertiary/aromatic N) is 2. The fraction of sp³-hybridized carbons (Fsp3) is 0.429. The Morgan fingerprint density at radius 3 is 2.68 bits per heavy atom. The van der Waals surface area contributed by atoms with Crippen molar-refractivity contribution in [2.75, 3.05) is 26.2 Å². The molecule has 1 saturated heterocycles. The minimum Gasteiger partial charge on any atom is -0.390 e. The first kappa shape index (κ1) is 18.1. The molecule has 0 spiro atoms. The third kappa shape index (κ3) is 4.27. The van der Waals surface area contributed by atoms with E-state index in [1.54, 1.807) is 6.08 Å². The molecule has 2 atom stereocenters. The second-order valence-corrected chi connectivity index (χ2v) is 6.98. The van der Waals surface area contributed by atoms with Gasteiger partial charge in [0, 0.05) is 38.8 Å². The van der Waals surface area contributed by atoms with Crippen LogP contribution in [0, 0.1) is 0 Å². The van der Waals surface area contributed by atoms with Gasteiger partial charge in [0.1, 0.15) is 5.83 Å². The van der Waals surface area contributed by atoms with Crippen molar-refractivity contribution >= 4 is 0 Å². The van der Waals surface area contributed by atoms with Crippen molar-refractivity contribution in [1.29, 1.82) is 0 Å². The summed E-state index contributed by atoms with van der Waals surface area (Å²) in [5, 5.41) is 10.7. The smallest absolute Gasteiger partial charge is 0.119 e. The van der Waals surface area contributed by atoms with Crippen LogP contribution < -0.4 is 0 Å². The van der Waals surface area contributed by atoms with Gasteiger partial charge >= 0.3 is 0 Å². The van der Waals surface area contributed by atoms with Gasteiger partial charge in [0.2, 0.25) is 0 Å². The summed E-state index contributed by atoms with van der Waals surface area (Å²) in [6.45, 7) is 11.1. The summed E-state index contributed by atoms with van der Waals surface area (Å²) in [5.74, 6) is -0.354. The van der Waals surface area contributed by atoms with Gasteiger partial charge in [-0.1, -0.05) is 49.6 Å². The number of benzene rings is 1. The van der Waals surface area contributed by atoms with Gasteiger partial charge in [0.25, 0.3) is 0 Å². The summed E-state index contributed by atoms with van der Waals surface area (Å²) in [6, 6.07) is 10.5. The van der Waals surface area contributed by atoms with Crippen LogP contribution in [0.5, 0.6) is 0 Å². The first-order valence-corrected chi connectivity index (χ1v) is 8.96. The van der Waals surface area contributed by atoms with Crippen LogP contribution in [0.3, 0.4) is 0 Å². The summed E-state index contributed by atoms with van der Waals surface area (Å²) in [7, 11) is 0. The number of allylic oxidation sites excluding steroid dienone is 1. The maximum absolute atomic E-state index is 13.6. The second-order valence-electron chi connectivity index (χ2n) is 6.98. The van der Waals surface area contributed by atoms with Crippen LogP contribution in [-0.2, 0) is 6.54 Å². The molecule has 0 bridgehead atoms. The molecule has 0 aliphatic carbocycles. The van der Waals surface area contributed by atoms with Gasteiger partial charge in [0.05, 0.1) is 6.10 Å². The predicted molar refractivity (Wildman–Crippen MR) is 99.8 cm³/mol. The van der Waals surface area contributed by atoms with Crippen molar-refractivity contribution in [1.82, 2.24) is 9.80 Å². The molecule has 3 rings (SSSR count). The topological polar surface area (TPSA) is 26.7 Å². The van der Waals surface area contributed by atoms with Crippen molar-refractivity contribution < 1.29 is 9.50 Å². The van der Waals surface area contributed by atoms with Gasteiger partial charge in [-0.05, 0) is 29.6 Å². The maximum Gasteiger partial charge on any atom is 0.119 e. The number of piperidine rings is 1. The van der Waals surface area contributed by atoms with Crippen LogP contribution in [0.2, 0.25) is 0 Å².